The molecule has 40 heavy (non-hydrogen) atoms. The second kappa shape index (κ2) is 10.7. The molecule has 1 aromatic heterocycles. The molecule has 208 valence electrons. The number of halogens is 2. The summed E-state index contributed by atoms with van der Waals surface area (Å²) in [6.07, 6.45) is 2.60. The van der Waals surface area contributed by atoms with Crippen molar-refractivity contribution in [2.75, 3.05) is 32.5 Å². The number of likely N-dealkylation sites (N-methyl/N-ethyl adjacent to an activating group) is 1. The molecule has 10 heteroatoms. The van der Waals surface area contributed by atoms with Gasteiger partial charge in [-0.05, 0) is 76.3 Å². The molecule has 1 fully saturated rings. The van der Waals surface area contributed by atoms with E-state index in [-0.39, 0.29) is 29.5 Å². The van der Waals surface area contributed by atoms with Crippen LogP contribution in [-0.2, 0) is 11.3 Å². The monoisotopic (exact) mass is 547 g/mol. The van der Waals surface area contributed by atoms with Gasteiger partial charge in [-0.25, -0.2) is 8.78 Å². The van der Waals surface area contributed by atoms with Gasteiger partial charge in [-0.3, -0.25) is 14.4 Å². The molecule has 0 unspecified atom stereocenters. The van der Waals surface area contributed by atoms with Crippen LogP contribution < -0.4 is 10.6 Å². The molecule has 2 aromatic carbocycles. The van der Waals surface area contributed by atoms with Crippen molar-refractivity contribution in [2.45, 2.75) is 32.9 Å². The first kappa shape index (κ1) is 27.3. The fraction of sp³-hybridized carbons (Fsp3) is 0.300. The number of nitrogens with zero attached hydrogens (tertiary/aromatic N) is 2. The predicted octanol–water partition coefficient (Wildman–Crippen LogP) is 4.11. The normalized spacial score (nSPS) is 17.5. The van der Waals surface area contributed by atoms with Crippen molar-refractivity contribution in [3.05, 3.63) is 87.2 Å². The molecule has 0 saturated carbocycles. The van der Waals surface area contributed by atoms with E-state index < -0.39 is 17.5 Å². The van der Waals surface area contributed by atoms with Gasteiger partial charge < -0.3 is 25.4 Å². The highest BCUT2D eigenvalue weighted by Gasteiger charge is 2.31. The van der Waals surface area contributed by atoms with E-state index >= 15 is 0 Å². The van der Waals surface area contributed by atoms with Crippen LogP contribution in [0, 0.1) is 25.5 Å². The molecule has 3 N–H and O–H groups in total. The molecule has 3 amide bonds. The summed E-state index contributed by atoms with van der Waals surface area (Å²) in [5.41, 5.74) is 4.08. The number of amides is 3. The van der Waals surface area contributed by atoms with Crippen molar-refractivity contribution >= 4 is 35.1 Å². The van der Waals surface area contributed by atoms with Crippen LogP contribution >= 0.6 is 0 Å². The van der Waals surface area contributed by atoms with Gasteiger partial charge in [0.1, 0.15) is 11.6 Å². The molecule has 5 rings (SSSR count). The summed E-state index contributed by atoms with van der Waals surface area (Å²) in [7, 11) is 4.02. The summed E-state index contributed by atoms with van der Waals surface area (Å²) in [6.45, 7) is 4.72. The van der Waals surface area contributed by atoms with Crippen LogP contribution in [0.25, 0.3) is 11.6 Å². The van der Waals surface area contributed by atoms with Crippen molar-refractivity contribution in [3.8, 4) is 0 Å². The van der Waals surface area contributed by atoms with E-state index in [2.05, 4.69) is 20.5 Å². The molecule has 0 aliphatic carbocycles. The number of fused-ring (bicyclic) bond motifs is 1. The Morgan fingerprint density at radius 1 is 1.15 bits per heavy atom. The minimum atomic E-state index is -0.744. The molecule has 0 bridgehead atoms. The summed E-state index contributed by atoms with van der Waals surface area (Å²) in [5.74, 6) is -2.40. The molecule has 3 heterocycles. The lowest BCUT2D eigenvalue weighted by Crippen LogP contribution is -2.34. The first-order chi connectivity index (χ1) is 19.0. The summed E-state index contributed by atoms with van der Waals surface area (Å²) >= 11 is 0. The Labute approximate surface area is 231 Å². The van der Waals surface area contributed by atoms with Crippen LogP contribution in [0.1, 0.15) is 55.2 Å². The van der Waals surface area contributed by atoms with Gasteiger partial charge in [0.25, 0.3) is 17.7 Å². The molecule has 3 aromatic rings. The van der Waals surface area contributed by atoms with Crippen LogP contribution in [0.4, 0.5) is 14.5 Å². The first-order valence-corrected chi connectivity index (χ1v) is 13.1. The maximum absolute atomic E-state index is 14.0. The molecule has 1 saturated heterocycles. The Balaban J connectivity index is 1.39. The number of carbonyl (C=O) groups is 3. The highest BCUT2D eigenvalue weighted by atomic mass is 19.1. The second-order valence-electron chi connectivity index (χ2n) is 10.5. The average molecular weight is 548 g/mol. The van der Waals surface area contributed by atoms with Gasteiger partial charge >= 0.3 is 0 Å². The van der Waals surface area contributed by atoms with Crippen molar-refractivity contribution in [1.29, 1.82) is 0 Å². The van der Waals surface area contributed by atoms with E-state index in [0.717, 1.165) is 29.8 Å². The number of nitrogens with one attached hydrogen (secondary N) is 3. The van der Waals surface area contributed by atoms with E-state index in [1.807, 2.05) is 32.8 Å². The lowest BCUT2D eigenvalue weighted by atomic mass is 10.0. The van der Waals surface area contributed by atoms with Crippen LogP contribution in [-0.4, -0.2) is 65.7 Å². The third kappa shape index (κ3) is 5.02. The lowest BCUT2D eigenvalue weighted by molar-refractivity contribution is -0.110. The van der Waals surface area contributed by atoms with Gasteiger partial charge in [0.15, 0.2) is 0 Å². The van der Waals surface area contributed by atoms with E-state index in [4.69, 9.17) is 0 Å². The lowest BCUT2D eigenvalue weighted by Gasteiger charge is -2.20. The number of aromatic nitrogens is 1. The van der Waals surface area contributed by atoms with E-state index in [1.54, 1.807) is 18.2 Å². The molecule has 2 aliphatic heterocycles. The number of H-pyrrole nitrogens is 1. The fourth-order valence-electron chi connectivity index (χ4n) is 5.33. The maximum Gasteiger partial charge on any atom is 0.256 e. The van der Waals surface area contributed by atoms with Gasteiger partial charge in [0, 0.05) is 59.4 Å². The standard InChI is InChI=1S/C30H31F2N5O3/c1-16-26(34-17(2)27(16)30(40)37-11-10-19(15-37)36(3)4)13-21-20-12-18(8-9-25(20)35-29(21)39)28(38)33-14-22-23(31)6-5-7-24(22)32/h5-9,12-13,19,34H,10-11,14-15H2,1-4H3,(H,33,38)(H,35,39)/t19-/m0/s1. The second-order valence-corrected chi connectivity index (χ2v) is 10.5. The van der Waals surface area contributed by atoms with Crippen molar-refractivity contribution in [1.82, 2.24) is 20.1 Å². The third-order valence-corrected chi connectivity index (χ3v) is 7.71. The summed E-state index contributed by atoms with van der Waals surface area (Å²) in [6, 6.07) is 8.55. The van der Waals surface area contributed by atoms with Crippen molar-refractivity contribution < 1.29 is 23.2 Å². The van der Waals surface area contributed by atoms with Gasteiger partial charge in [0.05, 0.1) is 11.1 Å². The Hall–Kier alpha value is -4.31. The van der Waals surface area contributed by atoms with E-state index in [0.29, 0.717) is 47.2 Å². The molecule has 8 nitrogen and oxygen atoms in total. The van der Waals surface area contributed by atoms with E-state index in [1.165, 1.54) is 12.1 Å². The Morgan fingerprint density at radius 3 is 2.55 bits per heavy atom. The Morgan fingerprint density at radius 2 is 1.88 bits per heavy atom. The Bertz CT molecular complexity index is 1540. The van der Waals surface area contributed by atoms with Crippen LogP contribution in [0.5, 0.6) is 0 Å². The van der Waals surface area contributed by atoms with Gasteiger partial charge in [-0.15, -0.1) is 0 Å². The zero-order valence-corrected chi connectivity index (χ0v) is 22.8. The highest BCUT2D eigenvalue weighted by molar-refractivity contribution is 6.35. The van der Waals surface area contributed by atoms with Crippen LogP contribution in [0.2, 0.25) is 0 Å². The number of hydrogen-bond acceptors (Lipinski definition) is 4. The number of carbonyl (C=O) groups excluding carboxylic acids is 3. The molecule has 0 spiro atoms. The largest absolute Gasteiger partial charge is 0.358 e. The smallest absolute Gasteiger partial charge is 0.256 e. The average Bonchev–Trinajstić information content (AvgIpc) is 3.60. The molecular formula is C30H31F2N5O3. The maximum atomic E-state index is 14.0. The van der Waals surface area contributed by atoms with Crippen molar-refractivity contribution in [3.63, 3.8) is 0 Å². The zero-order valence-electron chi connectivity index (χ0n) is 22.8. The highest BCUT2D eigenvalue weighted by Crippen LogP contribution is 2.35. The number of rotatable bonds is 6. The zero-order chi connectivity index (χ0) is 28.7. The number of aryl methyl sites for hydroxylation is 1. The van der Waals surface area contributed by atoms with Gasteiger partial charge in [-0.1, -0.05) is 6.07 Å². The van der Waals surface area contributed by atoms with Crippen molar-refractivity contribution in [2.24, 2.45) is 0 Å². The third-order valence-electron chi connectivity index (χ3n) is 7.71. The summed E-state index contributed by atoms with van der Waals surface area (Å²) < 4.78 is 27.9. The van der Waals surface area contributed by atoms with Gasteiger partial charge in [0.2, 0.25) is 0 Å². The number of anilines is 1. The summed E-state index contributed by atoms with van der Waals surface area (Å²) in [5, 5.41) is 5.34. The minimum absolute atomic E-state index is 0.0400. The number of hydrogen-bond donors (Lipinski definition) is 3. The molecule has 1 atom stereocenters. The Kier molecular flexibility index (Phi) is 7.29. The quantitative estimate of drug-likeness (QED) is 0.405. The molecule has 0 radical (unpaired) electrons. The van der Waals surface area contributed by atoms with Gasteiger partial charge in [-0.2, -0.15) is 0 Å². The number of aromatic amines is 1. The predicted molar refractivity (Wildman–Crippen MR) is 149 cm³/mol. The fourth-order valence-corrected chi connectivity index (χ4v) is 5.33. The summed E-state index contributed by atoms with van der Waals surface area (Å²) in [4.78, 5) is 46.3. The van der Waals surface area contributed by atoms with E-state index in [9.17, 15) is 23.2 Å². The topological polar surface area (TPSA) is 97.5 Å². The SMILES string of the molecule is Cc1[nH]c(C=C2C(=O)Nc3ccc(C(=O)NCc4c(F)cccc4F)cc32)c(C)c1C(=O)N1CC[C@H](N(C)C)C1. The first-order valence-electron chi connectivity index (χ1n) is 13.1. The molecular weight excluding hydrogens is 516 g/mol. The van der Waals surface area contributed by atoms with Crippen LogP contribution in [0.15, 0.2) is 36.4 Å². The minimum Gasteiger partial charge on any atom is -0.358 e. The molecule has 2 aliphatic rings. The van der Waals surface area contributed by atoms with Crippen LogP contribution in [0.3, 0.4) is 0 Å². The number of benzene rings is 2. The number of likely N-dealkylation sites (tertiary alicyclic amines) is 1.